The van der Waals surface area contributed by atoms with Crippen molar-refractivity contribution in [3.8, 4) is 11.8 Å². The number of aryl methyl sites for hydroxylation is 2. The molecule has 1 heterocycles. The molecule has 0 aromatic carbocycles. The van der Waals surface area contributed by atoms with Crippen LogP contribution in [0.25, 0.3) is 0 Å². The van der Waals surface area contributed by atoms with E-state index >= 15 is 0 Å². The van der Waals surface area contributed by atoms with Gasteiger partial charge in [-0.3, -0.25) is 4.68 Å². The Morgan fingerprint density at radius 3 is 3.00 bits per heavy atom. The highest BCUT2D eigenvalue weighted by atomic mass is 16.4. The largest absolute Gasteiger partial charge is 0.472 e. The number of aromatic nitrogens is 2. The van der Waals surface area contributed by atoms with Crippen molar-refractivity contribution in [2.75, 3.05) is 0 Å². The molecule has 74 valence electrons. The normalized spacial score (nSPS) is 9.29. The highest BCUT2D eigenvalue weighted by Crippen LogP contribution is 2.03. The minimum absolute atomic E-state index is 0.681. The van der Waals surface area contributed by atoms with Gasteiger partial charge in [-0.15, -0.1) is 0 Å². The Hall–Kier alpha value is -1.76. The van der Waals surface area contributed by atoms with E-state index in [1.54, 1.807) is 10.9 Å². The van der Waals surface area contributed by atoms with Crippen LogP contribution < -0.4 is 0 Å². The summed E-state index contributed by atoms with van der Waals surface area (Å²) in [5, 5.41) is 12.6. The van der Waals surface area contributed by atoms with E-state index < -0.39 is 5.97 Å². The van der Waals surface area contributed by atoms with Gasteiger partial charge in [0.15, 0.2) is 0 Å². The second-order valence-electron chi connectivity index (χ2n) is 2.95. The van der Waals surface area contributed by atoms with Crippen LogP contribution in [0.15, 0.2) is 6.20 Å². The van der Waals surface area contributed by atoms with Gasteiger partial charge in [0, 0.05) is 18.7 Å². The number of hydrogen-bond acceptors (Lipinski definition) is 2. The lowest BCUT2D eigenvalue weighted by Gasteiger charge is -1.93. The number of nitrogens with zero attached hydrogens (tertiary/aromatic N) is 2. The Morgan fingerprint density at radius 1 is 1.71 bits per heavy atom. The minimum Gasteiger partial charge on any atom is -0.472 e. The van der Waals surface area contributed by atoms with Crippen LogP contribution in [0.3, 0.4) is 0 Å². The van der Waals surface area contributed by atoms with Crippen LogP contribution in [0, 0.1) is 18.8 Å². The molecule has 0 saturated heterocycles. The molecule has 0 aliphatic rings. The number of rotatable bonds is 2. The van der Waals surface area contributed by atoms with E-state index in [0.29, 0.717) is 5.56 Å². The molecule has 0 saturated carbocycles. The van der Waals surface area contributed by atoms with Gasteiger partial charge in [0.1, 0.15) is 0 Å². The van der Waals surface area contributed by atoms with Crippen molar-refractivity contribution in [2.45, 2.75) is 26.8 Å². The summed E-state index contributed by atoms with van der Waals surface area (Å²) in [5.41, 5.74) is 1.45. The molecule has 0 bridgehead atoms. The average Bonchev–Trinajstić information content (AvgIpc) is 2.44. The van der Waals surface area contributed by atoms with Crippen LogP contribution in [0.1, 0.15) is 24.6 Å². The molecule has 0 spiro atoms. The predicted molar refractivity (Wildman–Crippen MR) is 51.8 cm³/mol. The zero-order valence-corrected chi connectivity index (χ0v) is 8.24. The first kappa shape index (κ1) is 10.3. The maximum absolute atomic E-state index is 10.2. The fourth-order valence-electron chi connectivity index (χ4n) is 1.11. The maximum atomic E-state index is 10.2. The third-order valence-corrected chi connectivity index (χ3v) is 1.70. The molecule has 1 aromatic heterocycles. The van der Waals surface area contributed by atoms with E-state index in [1.807, 2.05) is 6.92 Å². The van der Waals surface area contributed by atoms with Crippen LogP contribution >= 0.6 is 0 Å². The van der Waals surface area contributed by atoms with Crippen LogP contribution in [-0.2, 0) is 11.3 Å². The van der Waals surface area contributed by atoms with Crippen LogP contribution in [-0.4, -0.2) is 20.9 Å². The number of carboxylic acids is 1. The summed E-state index contributed by atoms with van der Waals surface area (Å²) in [6.45, 7) is 4.70. The maximum Gasteiger partial charge on any atom is 0.382 e. The van der Waals surface area contributed by atoms with Gasteiger partial charge in [-0.1, -0.05) is 12.8 Å². The van der Waals surface area contributed by atoms with Crippen LogP contribution in [0.5, 0.6) is 0 Å². The second kappa shape index (κ2) is 4.47. The van der Waals surface area contributed by atoms with Gasteiger partial charge in [-0.05, 0) is 13.3 Å². The molecule has 0 unspecified atom stereocenters. The summed E-state index contributed by atoms with van der Waals surface area (Å²) in [4.78, 5) is 10.2. The van der Waals surface area contributed by atoms with Crippen molar-refractivity contribution in [2.24, 2.45) is 0 Å². The first-order chi connectivity index (χ1) is 6.63. The van der Waals surface area contributed by atoms with Crippen molar-refractivity contribution in [1.82, 2.24) is 9.78 Å². The van der Waals surface area contributed by atoms with E-state index in [4.69, 9.17) is 5.11 Å². The summed E-state index contributed by atoms with van der Waals surface area (Å²) in [7, 11) is 0. The van der Waals surface area contributed by atoms with Crippen molar-refractivity contribution >= 4 is 5.97 Å². The Bertz CT molecular complexity index is 396. The van der Waals surface area contributed by atoms with Gasteiger partial charge < -0.3 is 5.11 Å². The molecule has 0 amide bonds. The molecular weight excluding hydrogens is 180 g/mol. The quantitative estimate of drug-likeness (QED) is 0.712. The number of hydrogen-bond donors (Lipinski definition) is 1. The highest BCUT2D eigenvalue weighted by molar-refractivity contribution is 5.87. The molecule has 1 N–H and O–H groups in total. The second-order valence-corrected chi connectivity index (χ2v) is 2.95. The Morgan fingerprint density at radius 2 is 2.43 bits per heavy atom. The average molecular weight is 192 g/mol. The first-order valence-corrected chi connectivity index (χ1v) is 4.42. The van der Waals surface area contributed by atoms with Crippen molar-refractivity contribution in [3.63, 3.8) is 0 Å². The lowest BCUT2D eigenvalue weighted by molar-refractivity contribution is -0.130. The van der Waals surface area contributed by atoms with Gasteiger partial charge in [0.25, 0.3) is 0 Å². The van der Waals surface area contributed by atoms with Gasteiger partial charge in [0.05, 0.1) is 11.3 Å². The number of carbonyl (C=O) groups is 1. The van der Waals surface area contributed by atoms with Crippen LogP contribution in [0.4, 0.5) is 0 Å². The van der Waals surface area contributed by atoms with Crippen LogP contribution in [0.2, 0.25) is 0 Å². The summed E-state index contributed by atoms with van der Waals surface area (Å²) in [6, 6.07) is 0. The van der Waals surface area contributed by atoms with Gasteiger partial charge in [-0.2, -0.15) is 5.10 Å². The predicted octanol–water partition coefficient (Wildman–Crippen LogP) is 1.04. The van der Waals surface area contributed by atoms with Crippen molar-refractivity contribution < 1.29 is 9.90 Å². The topological polar surface area (TPSA) is 55.1 Å². The minimum atomic E-state index is -1.12. The van der Waals surface area contributed by atoms with E-state index in [2.05, 4.69) is 23.9 Å². The molecule has 0 aliphatic carbocycles. The van der Waals surface area contributed by atoms with Crippen molar-refractivity contribution in [3.05, 3.63) is 17.5 Å². The van der Waals surface area contributed by atoms with Gasteiger partial charge in [0.2, 0.25) is 0 Å². The van der Waals surface area contributed by atoms with E-state index in [1.165, 1.54) is 0 Å². The van der Waals surface area contributed by atoms with E-state index in [9.17, 15) is 4.79 Å². The summed E-state index contributed by atoms with van der Waals surface area (Å²) < 4.78 is 1.78. The van der Waals surface area contributed by atoms with E-state index in [-0.39, 0.29) is 0 Å². The number of aliphatic carboxylic acids is 1. The zero-order valence-electron chi connectivity index (χ0n) is 8.24. The third kappa shape index (κ3) is 2.63. The first-order valence-electron chi connectivity index (χ1n) is 4.42. The lowest BCUT2D eigenvalue weighted by Crippen LogP contribution is -1.96. The third-order valence-electron chi connectivity index (χ3n) is 1.70. The SMILES string of the molecule is CCCn1cc(C#CC(=O)O)c(C)n1. The molecule has 0 fully saturated rings. The molecule has 1 aromatic rings. The standard InChI is InChI=1S/C10H12N2O2/c1-3-6-12-7-9(8(2)11-12)4-5-10(13)14/h7H,3,6H2,1-2H3,(H,13,14). The molecule has 0 radical (unpaired) electrons. The molecule has 14 heavy (non-hydrogen) atoms. The summed E-state index contributed by atoms with van der Waals surface area (Å²) in [6.07, 6.45) is 2.77. The Kier molecular flexibility index (Phi) is 3.29. The molecule has 1 rings (SSSR count). The van der Waals surface area contributed by atoms with Gasteiger partial charge in [-0.25, -0.2) is 4.79 Å². The molecule has 4 heteroatoms. The summed E-state index contributed by atoms with van der Waals surface area (Å²) >= 11 is 0. The molecular formula is C10H12N2O2. The fraction of sp³-hybridized carbons (Fsp3) is 0.400. The monoisotopic (exact) mass is 192 g/mol. The highest BCUT2D eigenvalue weighted by Gasteiger charge is 2.01. The van der Waals surface area contributed by atoms with Crippen molar-refractivity contribution in [1.29, 1.82) is 0 Å². The van der Waals surface area contributed by atoms with Gasteiger partial charge >= 0.3 is 5.97 Å². The smallest absolute Gasteiger partial charge is 0.382 e. The van der Waals surface area contributed by atoms with E-state index in [0.717, 1.165) is 18.7 Å². The molecule has 0 atom stereocenters. The lowest BCUT2D eigenvalue weighted by atomic mass is 10.3. The Labute approximate surface area is 82.5 Å². The molecule has 0 aliphatic heterocycles. The Balaban J connectivity index is 2.89. The number of carboxylic acid groups (broad SMARTS) is 1. The summed E-state index contributed by atoms with van der Waals surface area (Å²) in [5.74, 6) is 3.51. The molecule has 4 nitrogen and oxygen atoms in total. The fourth-order valence-corrected chi connectivity index (χ4v) is 1.11. The zero-order chi connectivity index (χ0) is 10.6.